The monoisotopic (exact) mass is 539 g/mol. The number of rotatable bonds is 6. The van der Waals surface area contributed by atoms with Gasteiger partial charge in [0.2, 0.25) is 0 Å². The minimum atomic E-state index is -0.764. The van der Waals surface area contributed by atoms with Crippen molar-refractivity contribution in [1.82, 2.24) is 10.0 Å². The highest BCUT2D eigenvalue weighted by Crippen LogP contribution is 2.65. The summed E-state index contributed by atoms with van der Waals surface area (Å²) in [6.45, 7) is -0.622. The van der Waals surface area contributed by atoms with Crippen LogP contribution in [-0.2, 0) is 9.59 Å². The number of nitro benzene ring substituents is 1. The van der Waals surface area contributed by atoms with Crippen molar-refractivity contribution < 1.29 is 24.1 Å². The van der Waals surface area contributed by atoms with Gasteiger partial charge in [-0.15, -0.1) is 0 Å². The lowest BCUT2D eigenvalue weighted by atomic mass is 9.63. The maximum atomic E-state index is 13.7. The van der Waals surface area contributed by atoms with E-state index in [1.165, 1.54) is 42.5 Å². The summed E-state index contributed by atoms with van der Waals surface area (Å²) in [5, 5.41) is 13.0. The molecule has 3 fully saturated rings. The van der Waals surface area contributed by atoms with Gasteiger partial charge in [0.15, 0.2) is 5.78 Å². The molecule has 0 aromatic heterocycles. The van der Waals surface area contributed by atoms with E-state index in [0.29, 0.717) is 11.8 Å². The summed E-state index contributed by atoms with van der Waals surface area (Å²) in [6.07, 6.45) is 5.02. The highest BCUT2D eigenvalue weighted by molar-refractivity contribution is 6.42. The van der Waals surface area contributed by atoms with Gasteiger partial charge in [-0.2, -0.15) is 5.01 Å². The van der Waals surface area contributed by atoms with E-state index >= 15 is 0 Å². The Balaban J connectivity index is 1.35. The summed E-state index contributed by atoms with van der Waals surface area (Å²) in [7, 11) is 0. The Bertz CT molecular complexity index is 1390. The molecule has 5 aliphatic rings. The molecule has 7 rings (SSSR count). The summed E-state index contributed by atoms with van der Waals surface area (Å²) >= 11 is 12.1. The molecule has 4 aliphatic carbocycles. The second kappa shape index (κ2) is 8.49. The van der Waals surface area contributed by atoms with Crippen LogP contribution in [0.3, 0.4) is 0 Å². The van der Waals surface area contributed by atoms with Crippen LogP contribution in [0.15, 0.2) is 54.6 Å². The van der Waals surface area contributed by atoms with Crippen molar-refractivity contribution in [2.75, 3.05) is 6.54 Å². The number of hydrogen-bond acceptors (Lipinski definition) is 6. The fourth-order valence-electron chi connectivity index (χ4n) is 6.19. The van der Waals surface area contributed by atoms with Gasteiger partial charge >= 0.3 is 0 Å². The van der Waals surface area contributed by atoms with Crippen LogP contribution in [0.25, 0.3) is 0 Å². The van der Waals surface area contributed by atoms with Gasteiger partial charge < -0.3 is 0 Å². The summed E-state index contributed by atoms with van der Waals surface area (Å²) in [5.74, 6) is -2.86. The number of allylic oxidation sites excluding steroid dienone is 2. The second-order valence-corrected chi connectivity index (χ2v) is 10.7. The Morgan fingerprint density at radius 3 is 2.03 bits per heavy atom. The number of imide groups is 1. The predicted molar refractivity (Wildman–Crippen MR) is 131 cm³/mol. The molecule has 188 valence electrons. The molecule has 0 unspecified atom stereocenters. The van der Waals surface area contributed by atoms with E-state index < -0.39 is 46.8 Å². The molecule has 0 N–H and O–H groups in total. The van der Waals surface area contributed by atoms with E-state index in [2.05, 4.69) is 0 Å². The number of hydrogen-bond donors (Lipinski definition) is 0. The summed E-state index contributed by atoms with van der Waals surface area (Å²) in [5.41, 5.74) is -0.0573. The van der Waals surface area contributed by atoms with E-state index in [1.807, 2.05) is 12.2 Å². The lowest BCUT2D eigenvalue weighted by molar-refractivity contribution is -0.384. The fraction of sp³-hybridized carbons (Fsp3) is 0.308. The topological polar surface area (TPSA) is 118 Å². The van der Waals surface area contributed by atoms with Gasteiger partial charge in [0, 0.05) is 23.3 Å². The van der Waals surface area contributed by atoms with Crippen LogP contribution in [0.1, 0.15) is 27.1 Å². The van der Waals surface area contributed by atoms with Gasteiger partial charge in [0.25, 0.3) is 23.4 Å². The van der Waals surface area contributed by atoms with Gasteiger partial charge in [-0.25, -0.2) is 5.01 Å². The van der Waals surface area contributed by atoms with E-state index in [9.17, 15) is 29.3 Å². The van der Waals surface area contributed by atoms with Crippen LogP contribution >= 0.6 is 23.2 Å². The van der Waals surface area contributed by atoms with Crippen molar-refractivity contribution in [3.63, 3.8) is 0 Å². The second-order valence-electron chi connectivity index (χ2n) is 9.86. The molecule has 9 nitrogen and oxygen atoms in total. The lowest BCUT2D eigenvalue weighted by Gasteiger charge is -2.37. The highest BCUT2D eigenvalue weighted by atomic mass is 35.5. The number of non-ortho nitro benzene ring substituents is 1. The molecule has 1 aliphatic heterocycles. The number of Topliss-reactive ketones (excluding diaryl/α,β-unsaturated/α-hetero) is 1. The van der Waals surface area contributed by atoms with Crippen molar-refractivity contribution >= 4 is 52.4 Å². The first kappa shape index (κ1) is 23.8. The largest absolute Gasteiger partial charge is 0.292 e. The van der Waals surface area contributed by atoms with Gasteiger partial charge in [0.1, 0.15) is 6.54 Å². The van der Waals surface area contributed by atoms with Gasteiger partial charge in [0.05, 0.1) is 26.8 Å². The van der Waals surface area contributed by atoms with Crippen LogP contribution in [-0.4, -0.2) is 45.0 Å². The van der Waals surface area contributed by atoms with E-state index in [0.717, 1.165) is 16.4 Å². The molecular weight excluding hydrogens is 521 g/mol. The van der Waals surface area contributed by atoms with Crippen molar-refractivity contribution in [3.8, 4) is 0 Å². The molecule has 3 amide bonds. The first-order chi connectivity index (χ1) is 17.7. The van der Waals surface area contributed by atoms with Crippen LogP contribution in [0.4, 0.5) is 5.69 Å². The zero-order chi connectivity index (χ0) is 26.2. The molecular formula is C26H19Cl2N3O6. The fourth-order valence-corrected chi connectivity index (χ4v) is 6.49. The number of carbonyl (C=O) groups excluding carboxylic acids is 4. The van der Waals surface area contributed by atoms with Crippen LogP contribution in [0.2, 0.25) is 10.0 Å². The Morgan fingerprint density at radius 2 is 1.49 bits per heavy atom. The Labute approximate surface area is 220 Å². The third kappa shape index (κ3) is 3.67. The number of amides is 3. The Morgan fingerprint density at radius 1 is 0.919 bits per heavy atom. The molecule has 6 atom stereocenters. The van der Waals surface area contributed by atoms with E-state index in [4.69, 9.17) is 23.2 Å². The van der Waals surface area contributed by atoms with Gasteiger partial charge in [-0.05, 0) is 60.4 Å². The highest BCUT2D eigenvalue weighted by Gasteiger charge is 2.68. The third-order valence-corrected chi connectivity index (χ3v) is 8.71. The summed E-state index contributed by atoms with van der Waals surface area (Å²) < 4.78 is 0. The predicted octanol–water partition coefficient (Wildman–Crippen LogP) is 4.19. The number of halogens is 2. The number of hydrazine groups is 1. The van der Waals surface area contributed by atoms with Crippen molar-refractivity contribution in [3.05, 3.63) is 85.9 Å². The number of nitro groups is 1. The lowest BCUT2D eigenvalue weighted by Crippen LogP contribution is -2.52. The first-order valence-electron chi connectivity index (χ1n) is 11.8. The molecule has 2 bridgehead atoms. The minimum Gasteiger partial charge on any atom is -0.292 e. The zero-order valence-corrected chi connectivity index (χ0v) is 20.6. The summed E-state index contributed by atoms with van der Waals surface area (Å²) in [6, 6.07) is 9.02. The Kier molecular flexibility index (Phi) is 5.47. The molecule has 2 aromatic rings. The molecule has 1 heterocycles. The Hall–Kier alpha value is -3.56. The number of nitrogens with zero attached hydrogens (tertiary/aromatic N) is 3. The average Bonchev–Trinajstić information content (AvgIpc) is 3.67. The molecule has 2 aromatic carbocycles. The van der Waals surface area contributed by atoms with Crippen LogP contribution < -0.4 is 0 Å². The maximum Gasteiger partial charge on any atom is 0.273 e. The van der Waals surface area contributed by atoms with Crippen molar-refractivity contribution in [2.45, 2.75) is 6.42 Å². The normalized spacial score (nSPS) is 28.6. The third-order valence-electron chi connectivity index (χ3n) is 7.98. The van der Waals surface area contributed by atoms with Crippen LogP contribution in [0, 0.1) is 45.6 Å². The standard InChI is InChI=1S/C26H19Cl2N3O6/c27-19-8-3-13(9-20(19)28)24(33)29(11-21(32)12-1-4-14(5-2-12)31(36)37)30-25(34)22-15-6-7-16(18-10-17(15)18)23(22)26(30)35/h1-9,15-18,22-23H,10-11H2/t15-,16-,17-,18+,22-,23+/m1/s1. The first-order valence-corrected chi connectivity index (χ1v) is 12.5. The number of carbonyl (C=O) groups is 4. The van der Waals surface area contributed by atoms with Crippen LogP contribution in [0.5, 0.6) is 0 Å². The molecule has 2 saturated carbocycles. The number of benzene rings is 2. The molecule has 0 spiro atoms. The van der Waals surface area contributed by atoms with E-state index in [1.54, 1.807) is 0 Å². The van der Waals surface area contributed by atoms with Gasteiger partial charge in [-0.1, -0.05) is 35.4 Å². The summed E-state index contributed by atoms with van der Waals surface area (Å²) in [4.78, 5) is 64.6. The molecule has 11 heteroatoms. The van der Waals surface area contributed by atoms with Crippen molar-refractivity contribution in [1.29, 1.82) is 0 Å². The molecule has 1 saturated heterocycles. The SMILES string of the molecule is O=C(CN(C(=O)c1ccc(Cl)c(Cl)c1)N1C(=O)[C@@H]2[C@@H]3C=C[C@H]([C@@H]4C[C@H]34)[C@@H]2C1=O)c1ccc([N+](=O)[O-])cc1. The minimum absolute atomic E-state index is 0.0466. The van der Waals surface area contributed by atoms with Crippen molar-refractivity contribution in [2.24, 2.45) is 35.5 Å². The quantitative estimate of drug-likeness (QED) is 0.178. The molecule has 0 radical (unpaired) electrons. The number of ketones is 1. The average molecular weight is 540 g/mol. The molecule has 37 heavy (non-hydrogen) atoms. The zero-order valence-electron chi connectivity index (χ0n) is 19.1. The van der Waals surface area contributed by atoms with Gasteiger partial charge in [-0.3, -0.25) is 29.3 Å². The smallest absolute Gasteiger partial charge is 0.273 e. The van der Waals surface area contributed by atoms with E-state index in [-0.39, 0.29) is 38.7 Å². The maximum absolute atomic E-state index is 13.7.